The SMILES string of the molecule is [CH]NS(=O)(=O)CCN1CCC(=O)C1. The maximum absolute atomic E-state index is 10.9. The number of sulfonamides is 1. The summed E-state index contributed by atoms with van der Waals surface area (Å²) in [6.07, 6.45) is 0.524. The Morgan fingerprint density at radius 2 is 2.23 bits per heavy atom. The van der Waals surface area contributed by atoms with Crippen LogP contribution in [-0.2, 0) is 14.8 Å². The number of rotatable bonds is 4. The summed E-state index contributed by atoms with van der Waals surface area (Å²) in [4.78, 5) is 12.6. The number of carbonyl (C=O) groups is 1. The molecule has 0 aromatic carbocycles. The highest BCUT2D eigenvalue weighted by Gasteiger charge is 2.20. The van der Waals surface area contributed by atoms with E-state index in [1.54, 1.807) is 9.62 Å². The average molecular weight is 204 g/mol. The third kappa shape index (κ3) is 3.41. The molecule has 1 rings (SSSR count). The van der Waals surface area contributed by atoms with Crippen LogP contribution in [0.3, 0.4) is 0 Å². The lowest BCUT2D eigenvalue weighted by Gasteiger charge is -2.12. The second kappa shape index (κ2) is 4.17. The molecular weight excluding hydrogens is 192 g/mol. The number of nitrogens with one attached hydrogen (secondary N) is 1. The molecule has 0 aromatic rings. The van der Waals surface area contributed by atoms with Gasteiger partial charge in [0.2, 0.25) is 10.0 Å². The molecule has 1 aliphatic heterocycles. The second-order valence-electron chi connectivity index (χ2n) is 3.00. The molecule has 5 nitrogen and oxygen atoms in total. The van der Waals surface area contributed by atoms with Crippen molar-refractivity contribution in [3.05, 3.63) is 7.05 Å². The number of likely N-dealkylation sites (tertiary alicyclic amines) is 1. The van der Waals surface area contributed by atoms with Crippen LogP contribution in [0.25, 0.3) is 0 Å². The predicted molar refractivity (Wildman–Crippen MR) is 47.3 cm³/mol. The molecule has 1 heterocycles. The van der Waals surface area contributed by atoms with Gasteiger partial charge in [0.05, 0.1) is 19.3 Å². The summed E-state index contributed by atoms with van der Waals surface area (Å²) in [6, 6.07) is 0. The van der Waals surface area contributed by atoms with Crippen LogP contribution in [-0.4, -0.2) is 44.5 Å². The first-order valence-electron chi connectivity index (χ1n) is 3.97. The number of carbonyl (C=O) groups excluding carboxylic acids is 1. The van der Waals surface area contributed by atoms with E-state index in [9.17, 15) is 13.2 Å². The van der Waals surface area contributed by atoms with Crippen LogP contribution in [0.2, 0.25) is 0 Å². The van der Waals surface area contributed by atoms with Gasteiger partial charge in [0.25, 0.3) is 0 Å². The first kappa shape index (κ1) is 10.6. The van der Waals surface area contributed by atoms with Gasteiger partial charge in [0.1, 0.15) is 5.78 Å². The second-order valence-corrected chi connectivity index (χ2v) is 4.87. The molecule has 0 unspecified atom stereocenters. The van der Waals surface area contributed by atoms with Gasteiger partial charge < -0.3 is 0 Å². The van der Waals surface area contributed by atoms with Crippen LogP contribution in [0, 0.1) is 7.05 Å². The van der Waals surface area contributed by atoms with E-state index < -0.39 is 10.0 Å². The molecule has 0 bridgehead atoms. The Bertz CT molecular complexity index is 286. The number of hydrogen-bond acceptors (Lipinski definition) is 4. The van der Waals surface area contributed by atoms with Crippen LogP contribution in [0.5, 0.6) is 0 Å². The standard InChI is InChI=1S/C7H12N2O3S/c1-8-13(11,12)5-4-9-3-2-7(10)6-9/h1,8H,2-6H2. The Morgan fingerprint density at radius 1 is 1.54 bits per heavy atom. The minimum Gasteiger partial charge on any atom is -0.298 e. The maximum Gasteiger partial charge on any atom is 0.213 e. The van der Waals surface area contributed by atoms with E-state index in [2.05, 4.69) is 0 Å². The monoisotopic (exact) mass is 204 g/mol. The van der Waals surface area contributed by atoms with Crippen LogP contribution in [0.1, 0.15) is 6.42 Å². The molecule has 2 radical (unpaired) electrons. The molecule has 1 aliphatic rings. The van der Waals surface area contributed by atoms with E-state index in [0.29, 0.717) is 26.1 Å². The average Bonchev–Trinajstić information content (AvgIpc) is 2.48. The summed E-state index contributed by atoms with van der Waals surface area (Å²) < 4.78 is 23.5. The zero-order chi connectivity index (χ0) is 9.90. The number of hydrogen-bond donors (Lipinski definition) is 1. The number of ketones is 1. The van der Waals surface area contributed by atoms with Crippen LogP contribution in [0.15, 0.2) is 0 Å². The zero-order valence-electron chi connectivity index (χ0n) is 7.19. The van der Waals surface area contributed by atoms with E-state index in [0.717, 1.165) is 0 Å². The molecule has 0 spiro atoms. The molecule has 0 aromatic heterocycles. The summed E-state index contributed by atoms with van der Waals surface area (Å²) >= 11 is 0. The zero-order valence-corrected chi connectivity index (χ0v) is 8.01. The van der Waals surface area contributed by atoms with Crippen LogP contribution in [0.4, 0.5) is 0 Å². The maximum atomic E-state index is 10.9. The molecule has 13 heavy (non-hydrogen) atoms. The van der Waals surface area contributed by atoms with Crippen molar-refractivity contribution in [1.29, 1.82) is 0 Å². The fourth-order valence-electron chi connectivity index (χ4n) is 1.19. The molecule has 1 fully saturated rings. The van der Waals surface area contributed by atoms with Gasteiger partial charge in [-0.15, -0.1) is 0 Å². The Kier molecular flexibility index (Phi) is 3.40. The van der Waals surface area contributed by atoms with Crippen molar-refractivity contribution >= 4 is 15.8 Å². The van der Waals surface area contributed by atoms with Crippen molar-refractivity contribution in [2.45, 2.75) is 6.42 Å². The minimum absolute atomic E-state index is 0.0587. The minimum atomic E-state index is -3.35. The van der Waals surface area contributed by atoms with Crippen LogP contribution >= 0.6 is 0 Å². The highest BCUT2D eigenvalue weighted by atomic mass is 32.2. The molecule has 6 heteroatoms. The Morgan fingerprint density at radius 3 is 2.69 bits per heavy atom. The van der Waals surface area contributed by atoms with Gasteiger partial charge in [0, 0.05) is 19.5 Å². The van der Waals surface area contributed by atoms with Crippen molar-refractivity contribution in [3.8, 4) is 0 Å². The fraction of sp³-hybridized carbons (Fsp3) is 0.714. The highest BCUT2D eigenvalue weighted by Crippen LogP contribution is 2.03. The largest absolute Gasteiger partial charge is 0.298 e. The lowest BCUT2D eigenvalue weighted by Crippen LogP contribution is -2.31. The lowest BCUT2D eigenvalue weighted by molar-refractivity contribution is -0.116. The van der Waals surface area contributed by atoms with Gasteiger partial charge in [-0.2, -0.15) is 0 Å². The van der Waals surface area contributed by atoms with E-state index >= 15 is 0 Å². The Hall–Kier alpha value is -0.460. The first-order chi connectivity index (χ1) is 6.03. The van der Waals surface area contributed by atoms with Crippen molar-refractivity contribution in [2.75, 3.05) is 25.4 Å². The fourth-order valence-corrected chi connectivity index (χ4v) is 1.81. The summed E-state index contributed by atoms with van der Waals surface area (Å²) in [5, 5.41) is 0. The molecule has 1 N–H and O–H groups in total. The molecule has 74 valence electrons. The van der Waals surface area contributed by atoms with E-state index in [-0.39, 0.29) is 11.5 Å². The molecule has 0 amide bonds. The number of nitrogens with zero attached hydrogens (tertiary/aromatic N) is 1. The Labute approximate surface area is 78.2 Å². The molecule has 0 aliphatic carbocycles. The van der Waals surface area contributed by atoms with E-state index in [4.69, 9.17) is 7.05 Å². The van der Waals surface area contributed by atoms with Gasteiger partial charge in [-0.3, -0.25) is 9.69 Å². The van der Waals surface area contributed by atoms with Gasteiger partial charge in [-0.05, 0) is 0 Å². The van der Waals surface area contributed by atoms with Gasteiger partial charge in [-0.25, -0.2) is 13.1 Å². The van der Waals surface area contributed by atoms with Gasteiger partial charge >= 0.3 is 0 Å². The topological polar surface area (TPSA) is 66.5 Å². The van der Waals surface area contributed by atoms with Crippen LogP contribution < -0.4 is 4.72 Å². The molecule has 0 atom stereocenters. The normalized spacial score (nSPS) is 19.6. The predicted octanol–water partition coefficient (Wildman–Crippen LogP) is -1.15. The van der Waals surface area contributed by atoms with E-state index in [1.165, 1.54) is 0 Å². The van der Waals surface area contributed by atoms with Crippen molar-refractivity contribution < 1.29 is 13.2 Å². The summed E-state index contributed by atoms with van der Waals surface area (Å²) in [7, 11) is 1.45. The summed E-state index contributed by atoms with van der Waals surface area (Å²) in [5.74, 6) is 0.106. The highest BCUT2D eigenvalue weighted by molar-refractivity contribution is 7.89. The molecule has 0 saturated carbocycles. The van der Waals surface area contributed by atoms with Crippen molar-refractivity contribution in [1.82, 2.24) is 9.62 Å². The lowest BCUT2D eigenvalue weighted by atomic mass is 10.4. The van der Waals surface area contributed by atoms with Crippen molar-refractivity contribution in [2.24, 2.45) is 0 Å². The quantitative estimate of drug-likeness (QED) is 0.587. The van der Waals surface area contributed by atoms with E-state index in [1.807, 2.05) is 0 Å². The summed E-state index contributed by atoms with van der Waals surface area (Å²) in [5.41, 5.74) is 0. The Balaban J connectivity index is 2.31. The van der Waals surface area contributed by atoms with Gasteiger partial charge in [0.15, 0.2) is 0 Å². The first-order valence-corrected chi connectivity index (χ1v) is 5.63. The third-order valence-electron chi connectivity index (χ3n) is 1.96. The van der Waals surface area contributed by atoms with Gasteiger partial charge in [-0.1, -0.05) is 0 Å². The summed E-state index contributed by atoms with van der Waals surface area (Å²) in [6.45, 7) is 1.37. The third-order valence-corrected chi connectivity index (χ3v) is 3.04. The molecular formula is C7H12N2O3S. The van der Waals surface area contributed by atoms with Crippen molar-refractivity contribution in [3.63, 3.8) is 0 Å². The molecule has 1 saturated heterocycles. The smallest absolute Gasteiger partial charge is 0.213 e. The number of Topliss-reactive ketones (excluding diaryl/α,β-unsaturated/α-hetero) is 1.